The van der Waals surface area contributed by atoms with E-state index < -0.39 is 0 Å². The number of hydrogen-bond donors (Lipinski definition) is 1. The summed E-state index contributed by atoms with van der Waals surface area (Å²) in [5, 5.41) is 8.87. The van der Waals surface area contributed by atoms with Gasteiger partial charge in [0.25, 0.3) is 0 Å². The number of aromatic nitrogens is 1. The highest BCUT2D eigenvalue weighted by Gasteiger charge is 2.34. The molecule has 0 spiro atoms. The Morgan fingerprint density at radius 1 is 1.50 bits per heavy atom. The van der Waals surface area contributed by atoms with Crippen molar-refractivity contribution in [1.29, 1.82) is 0 Å². The fraction of sp³-hybridized carbons (Fsp3) is 0.455. The zero-order valence-corrected chi connectivity index (χ0v) is 9.21. The van der Waals surface area contributed by atoms with Gasteiger partial charge in [-0.25, -0.2) is 4.79 Å². The normalized spacial score (nSPS) is 20.6. The highest BCUT2D eigenvalue weighted by atomic mass is 16.3. The van der Waals surface area contributed by atoms with Crippen LogP contribution in [0.4, 0.5) is 4.79 Å². The summed E-state index contributed by atoms with van der Waals surface area (Å²) in [6.07, 6.45) is 3.45. The Hall–Kier alpha value is -1.62. The molecule has 1 fully saturated rings. The smallest absolute Gasteiger partial charge is 0.320 e. The molecular formula is C11H15N3O2. The number of amides is 2. The van der Waals surface area contributed by atoms with E-state index in [0.29, 0.717) is 13.1 Å². The second-order valence-electron chi connectivity index (χ2n) is 3.86. The van der Waals surface area contributed by atoms with Crippen LogP contribution in [0.5, 0.6) is 0 Å². The molecule has 2 amide bonds. The molecule has 0 aliphatic carbocycles. The van der Waals surface area contributed by atoms with Gasteiger partial charge in [-0.3, -0.25) is 4.98 Å². The lowest BCUT2D eigenvalue weighted by Crippen LogP contribution is -2.31. The van der Waals surface area contributed by atoms with E-state index in [9.17, 15) is 4.79 Å². The van der Waals surface area contributed by atoms with Gasteiger partial charge in [0.1, 0.15) is 0 Å². The lowest BCUT2D eigenvalue weighted by molar-refractivity contribution is 0.182. The maximum absolute atomic E-state index is 11.8. The maximum atomic E-state index is 11.8. The van der Waals surface area contributed by atoms with Crippen molar-refractivity contribution in [1.82, 2.24) is 14.8 Å². The summed E-state index contributed by atoms with van der Waals surface area (Å²) in [6.45, 7) is 1.02. The third-order valence-corrected chi connectivity index (χ3v) is 2.89. The Balaban J connectivity index is 2.16. The van der Waals surface area contributed by atoms with Gasteiger partial charge in [-0.15, -0.1) is 0 Å². The number of pyridine rings is 1. The molecule has 2 rings (SSSR count). The quantitative estimate of drug-likeness (QED) is 0.807. The average molecular weight is 221 g/mol. The van der Waals surface area contributed by atoms with Crippen molar-refractivity contribution < 1.29 is 9.90 Å². The van der Waals surface area contributed by atoms with Gasteiger partial charge in [-0.05, 0) is 17.7 Å². The molecule has 1 aliphatic heterocycles. The lowest BCUT2D eigenvalue weighted by atomic mass is 10.1. The highest BCUT2D eigenvalue weighted by molar-refractivity contribution is 5.77. The van der Waals surface area contributed by atoms with Crippen LogP contribution >= 0.6 is 0 Å². The van der Waals surface area contributed by atoms with Crippen LogP contribution < -0.4 is 0 Å². The molecule has 86 valence electrons. The SMILES string of the molecule is CN1C(=O)N(CCO)CC1c1ccncc1. The van der Waals surface area contributed by atoms with E-state index in [1.807, 2.05) is 12.1 Å². The molecule has 1 aliphatic rings. The summed E-state index contributed by atoms with van der Waals surface area (Å²) in [4.78, 5) is 19.1. The van der Waals surface area contributed by atoms with Gasteiger partial charge < -0.3 is 14.9 Å². The standard InChI is InChI=1S/C11H15N3O2/c1-13-10(9-2-4-12-5-3-9)8-14(6-7-15)11(13)16/h2-5,10,15H,6-8H2,1H3. The van der Waals surface area contributed by atoms with Gasteiger partial charge in [0.05, 0.1) is 12.6 Å². The molecule has 16 heavy (non-hydrogen) atoms. The summed E-state index contributed by atoms with van der Waals surface area (Å²) < 4.78 is 0. The van der Waals surface area contributed by atoms with Crippen LogP contribution in [0.15, 0.2) is 24.5 Å². The number of aliphatic hydroxyl groups is 1. The number of carbonyl (C=O) groups is 1. The second-order valence-corrected chi connectivity index (χ2v) is 3.86. The summed E-state index contributed by atoms with van der Waals surface area (Å²) in [5.74, 6) is 0. The molecule has 0 aromatic carbocycles. The number of β-amino-alcohol motifs (C(OH)–C–C–N with tert-alkyl or cyclic N) is 1. The molecular weight excluding hydrogens is 206 g/mol. The van der Waals surface area contributed by atoms with Crippen LogP contribution in [0.25, 0.3) is 0 Å². The minimum absolute atomic E-state index is 0.00262. The summed E-state index contributed by atoms with van der Waals surface area (Å²) in [7, 11) is 1.78. The zero-order valence-electron chi connectivity index (χ0n) is 9.21. The maximum Gasteiger partial charge on any atom is 0.320 e. The van der Waals surface area contributed by atoms with E-state index in [-0.39, 0.29) is 18.7 Å². The Morgan fingerprint density at radius 3 is 2.81 bits per heavy atom. The topological polar surface area (TPSA) is 56.7 Å². The molecule has 1 aromatic rings. The first-order chi connectivity index (χ1) is 7.74. The Labute approximate surface area is 94.3 Å². The van der Waals surface area contributed by atoms with Crippen LogP contribution in [0.3, 0.4) is 0 Å². The molecule has 1 aromatic heterocycles. The molecule has 0 radical (unpaired) electrons. The fourth-order valence-corrected chi connectivity index (χ4v) is 1.99. The third-order valence-electron chi connectivity index (χ3n) is 2.89. The summed E-state index contributed by atoms with van der Waals surface area (Å²) >= 11 is 0. The van der Waals surface area contributed by atoms with Crippen LogP contribution in [-0.2, 0) is 0 Å². The van der Waals surface area contributed by atoms with Gasteiger partial charge in [0.2, 0.25) is 0 Å². The number of urea groups is 1. The van der Waals surface area contributed by atoms with E-state index >= 15 is 0 Å². The van der Waals surface area contributed by atoms with E-state index in [1.54, 1.807) is 29.2 Å². The molecule has 1 N–H and O–H groups in total. The number of carbonyl (C=O) groups excluding carboxylic acids is 1. The number of aliphatic hydroxyl groups excluding tert-OH is 1. The van der Waals surface area contributed by atoms with Crippen LogP contribution in [0.1, 0.15) is 11.6 Å². The molecule has 1 saturated heterocycles. The van der Waals surface area contributed by atoms with Gasteiger partial charge in [-0.1, -0.05) is 0 Å². The first-order valence-corrected chi connectivity index (χ1v) is 5.26. The number of likely N-dealkylation sites (N-methyl/N-ethyl adjacent to an activating group) is 1. The van der Waals surface area contributed by atoms with Crippen LogP contribution in [-0.4, -0.2) is 52.7 Å². The van der Waals surface area contributed by atoms with Gasteiger partial charge in [-0.2, -0.15) is 0 Å². The molecule has 1 atom stereocenters. The van der Waals surface area contributed by atoms with Crippen molar-refractivity contribution >= 4 is 6.03 Å². The van der Waals surface area contributed by atoms with Gasteiger partial charge in [0, 0.05) is 32.5 Å². The highest BCUT2D eigenvalue weighted by Crippen LogP contribution is 2.27. The van der Waals surface area contributed by atoms with Gasteiger partial charge in [0.15, 0.2) is 0 Å². The molecule has 2 heterocycles. The minimum atomic E-state index is -0.0316. The number of hydrogen-bond acceptors (Lipinski definition) is 3. The van der Waals surface area contributed by atoms with Crippen molar-refractivity contribution in [3.05, 3.63) is 30.1 Å². The molecule has 5 nitrogen and oxygen atoms in total. The zero-order chi connectivity index (χ0) is 11.5. The van der Waals surface area contributed by atoms with E-state index in [2.05, 4.69) is 4.98 Å². The molecule has 0 saturated carbocycles. The summed E-state index contributed by atoms with van der Waals surface area (Å²) in [6, 6.07) is 3.85. The third kappa shape index (κ3) is 1.86. The predicted molar refractivity (Wildman–Crippen MR) is 58.8 cm³/mol. The van der Waals surface area contributed by atoms with Crippen molar-refractivity contribution in [2.45, 2.75) is 6.04 Å². The van der Waals surface area contributed by atoms with Crippen molar-refractivity contribution in [2.24, 2.45) is 0 Å². The van der Waals surface area contributed by atoms with E-state index in [1.165, 1.54) is 0 Å². The predicted octanol–water partition coefficient (Wildman–Crippen LogP) is 0.482. The molecule has 5 heteroatoms. The van der Waals surface area contributed by atoms with Crippen molar-refractivity contribution in [2.75, 3.05) is 26.7 Å². The fourth-order valence-electron chi connectivity index (χ4n) is 1.99. The van der Waals surface area contributed by atoms with Crippen LogP contribution in [0, 0.1) is 0 Å². The van der Waals surface area contributed by atoms with E-state index in [0.717, 1.165) is 5.56 Å². The molecule has 1 unspecified atom stereocenters. The van der Waals surface area contributed by atoms with Crippen LogP contribution in [0.2, 0.25) is 0 Å². The van der Waals surface area contributed by atoms with E-state index in [4.69, 9.17) is 5.11 Å². The Bertz CT molecular complexity index is 369. The number of rotatable bonds is 3. The first kappa shape index (κ1) is 10.9. The minimum Gasteiger partial charge on any atom is -0.395 e. The van der Waals surface area contributed by atoms with Crippen molar-refractivity contribution in [3.8, 4) is 0 Å². The number of nitrogens with zero attached hydrogens (tertiary/aromatic N) is 3. The Morgan fingerprint density at radius 2 is 2.19 bits per heavy atom. The van der Waals surface area contributed by atoms with Gasteiger partial charge >= 0.3 is 6.03 Å². The average Bonchev–Trinajstić information content (AvgIpc) is 2.59. The monoisotopic (exact) mass is 221 g/mol. The molecule has 0 bridgehead atoms. The van der Waals surface area contributed by atoms with Crippen molar-refractivity contribution in [3.63, 3.8) is 0 Å². The lowest BCUT2D eigenvalue weighted by Gasteiger charge is -2.17. The summed E-state index contributed by atoms with van der Waals surface area (Å²) in [5.41, 5.74) is 1.08. The Kier molecular flexibility index (Phi) is 3.05. The second kappa shape index (κ2) is 4.49. The first-order valence-electron chi connectivity index (χ1n) is 5.26. The largest absolute Gasteiger partial charge is 0.395 e.